The van der Waals surface area contributed by atoms with Gasteiger partial charge in [0.15, 0.2) is 0 Å². The Morgan fingerprint density at radius 3 is 1.44 bits per heavy atom. The van der Waals surface area contributed by atoms with E-state index in [2.05, 4.69) is 14.3 Å². The Hall–Kier alpha value is 0.674. The van der Waals surface area contributed by atoms with E-state index in [4.69, 9.17) is 0 Å². The molecule has 0 spiro atoms. The second-order valence-corrected chi connectivity index (χ2v) is 9.17. The normalized spacial score (nSPS) is 22.1. The molecule has 1 rings (SSSR count). The number of rotatable bonds is 2. The first-order valence-electron chi connectivity index (χ1n) is 7.36. The fourth-order valence-corrected chi connectivity index (χ4v) is 4.44. The van der Waals surface area contributed by atoms with Crippen molar-refractivity contribution in [3.63, 3.8) is 0 Å². The van der Waals surface area contributed by atoms with E-state index in [9.17, 15) is 0 Å². The molecule has 2 heteroatoms. The van der Waals surface area contributed by atoms with Crippen LogP contribution in [0.3, 0.4) is 0 Å². The summed E-state index contributed by atoms with van der Waals surface area (Å²) in [5.74, 6) is 0. The zero-order chi connectivity index (χ0) is 11.6. The third-order valence-electron chi connectivity index (χ3n) is 3.60. The van der Waals surface area contributed by atoms with Crippen LogP contribution in [0.4, 0.5) is 0 Å². The van der Waals surface area contributed by atoms with E-state index in [0.29, 0.717) is 0 Å². The van der Waals surface area contributed by atoms with E-state index < -0.39 is 18.1 Å². The van der Waals surface area contributed by atoms with Crippen LogP contribution < -0.4 is 3.80 Å². The molecular weight excluding hydrogens is 230 g/mol. The van der Waals surface area contributed by atoms with Gasteiger partial charge in [0, 0.05) is 0 Å². The van der Waals surface area contributed by atoms with E-state index in [0.717, 1.165) is 6.04 Å². The maximum absolute atomic E-state index is 3.90. The standard InChI is InChI=1S/C12H24N.2CH3.Ti/c13-12-10-8-6-4-2-1-3-5-7-9-11-12;;;/h12-13H,1-11H2;2*1H3;/q-1;;;+1. The van der Waals surface area contributed by atoms with E-state index in [-0.39, 0.29) is 0 Å². The maximum atomic E-state index is 3.90. The van der Waals surface area contributed by atoms with Gasteiger partial charge >= 0.3 is 109 Å². The molecule has 0 radical (unpaired) electrons. The zero-order valence-corrected chi connectivity index (χ0v) is 12.9. The van der Waals surface area contributed by atoms with Gasteiger partial charge in [-0.2, -0.15) is 0 Å². The van der Waals surface area contributed by atoms with E-state index in [1.807, 2.05) is 0 Å². The van der Waals surface area contributed by atoms with Crippen molar-refractivity contribution in [2.45, 2.75) is 87.1 Å². The third kappa shape index (κ3) is 7.87. The Morgan fingerprint density at radius 1 is 0.688 bits per heavy atom. The van der Waals surface area contributed by atoms with Crippen LogP contribution in [0, 0.1) is 0 Å². The molecule has 0 bridgehead atoms. The fourth-order valence-electron chi connectivity index (χ4n) is 2.72. The van der Waals surface area contributed by atoms with Crippen molar-refractivity contribution >= 4 is 0 Å². The first kappa shape index (κ1) is 14.7. The number of hydrogen-bond donors (Lipinski definition) is 1. The summed E-state index contributed by atoms with van der Waals surface area (Å²) >= 11 is -0.820. The molecule has 16 heavy (non-hydrogen) atoms. The first-order chi connectivity index (χ1) is 7.79. The minimum atomic E-state index is -0.820. The zero-order valence-electron chi connectivity index (χ0n) is 11.4. The van der Waals surface area contributed by atoms with Crippen LogP contribution in [0.1, 0.15) is 70.6 Å². The van der Waals surface area contributed by atoms with Crippen LogP contribution in [0.25, 0.3) is 0 Å². The van der Waals surface area contributed by atoms with Crippen LogP contribution in [0.15, 0.2) is 0 Å². The van der Waals surface area contributed by atoms with E-state index in [1.54, 1.807) is 0 Å². The summed E-state index contributed by atoms with van der Waals surface area (Å²) in [5.41, 5.74) is 0. The summed E-state index contributed by atoms with van der Waals surface area (Å²) in [4.78, 5) is 0. The van der Waals surface area contributed by atoms with Gasteiger partial charge in [-0.1, -0.05) is 0 Å². The monoisotopic (exact) mass is 260 g/mol. The molecule has 0 aromatic heterocycles. The van der Waals surface area contributed by atoms with Gasteiger partial charge in [-0.05, 0) is 0 Å². The SMILES string of the molecule is [CH3][Ti]([CH3])[NH]C1CCCCCCCCCCC1. The molecule has 1 N–H and O–H groups in total. The molecule has 0 saturated heterocycles. The van der Waals surface area contributed by atoms with Crippen molar-refractivity contribution in [1.82, 2.24) is 3.80 Å². The van der Waals surface area contributed by atoms with E-state index >= 15 is 0 Å². The van der Waals surface area contributed by atoms with Gasteiger partial charge < -0.3 is 0 Å². The Kier molecular flexibility index (Phi) is 8.91. The van der Waals surface area contributed by atoms with Gasteiger partial charge in [0.05, 0.1) is 0 Å². The van der Waals surface area contributed by atoms with Gasteiger partial charge in [0.25, 0.3) is 0 Å². The average molecular weight is 260 g/mol. The van der Waals surface area contributed by atoms with Crippen LogP contribution in [0.5, 0.6) is 0 Å². The summed E-state index contributed by atoms with van der Waals surface area (Å²) in [5, 5.41) is 4.88. The summed E-state index contributed by atoms with van der Waals surface area (Å²) in [7, 11) is 0. The molecule has 0 aromatic carbocycles. The van der Waals surface area contributed by atoms with Crippen LogP contribution >= 0.6 is 0 Å². The fraction of sp³-hybridized carbons (Fsp3) is 1.00. The van der Waals surface area contributed by atoms with Crippen LogP contribution in [-0.2, 0) is 18.1 Å². The second kappa shape index (κ2) is 9.68. The van der Waals surface area contributed by atoms with Crippen molar-refractivity contribution < 1.29 is 18.1 Å². The summed E-state index contributed by atoms with van der Waals surface area (Å²) in [6.07, 6.45) is 16.2. The second-order valence-electron chi connectivity index (χ2n) is 5.60. The van der Waals surface area contributed by atoms with Crippen molar-refractivity contribution in [2.24, 2.45) is 0 Å². The minimum absolute atomic E-state index is 0.820. The predicted molar refractivity (Wildman–Crippen MR) is 69.4 cm³/mol. The van der Waals surface area contributed by atoms with Crippen LogP contribution in [-0.4, -0.2) is 6.04 Å². The Balaban J connectivity index is 2.24. The first-order valence-corrected chi connectivity index (χ1v) is 11.3. The molecule has 0 amide bonds. The quantitative estimate of drug-likeness (QED) is 0.698. The Morgan fingerprint density at radius 2 is 1.06 bits per heavy atom. The molecule has 0 heterocycles. The third-order valence-corrected chi connectivity index (χ3v) is 5.14. The van der Waals surface area contributed by atoms with Crippen molar-refractivity contribution in [3.8, 4) is 0 Å². The summed E-state index contributed by atoms with van der Waals surface area (Å²) in [6, 6.07) is 0.865. The Bertz CT molecular complexity index is 147. The molecular formula is C14H30NTi. The molecule has 95 valence electrons. The molecule has 1 fully saturated rings. The molecule has 0 aliphatic heterocycles. The predicted octanol–water partition coefficient (Wildman–Crippen LogP) is 4.88. The molecule has 0 unspecified atom stereocenters. The van der Waals surface area contributed by atoms with Crippen molar-refractivity contribution in [3.05, 3.63) is 0 Å². The number of nitrogens with one attached hydrogen (secondary N) is 1. The summed E-state index contributed by atoms with van der Waals surface area (Å²) < 4.78 is 3.90. The van der Waals surface area contributed by atoms with Gasteiger partial charge in [-0.15, -0.1) is 0 Å². The van der Waals surface area contributed by atoms with Gasteiger partial charge in [-0.25, -0.2) is 0 Å². The van der Waals surface area contributed by atoms with Gasteiger partial charge in [-0.3, -0.25) is 0 Å². The van der Waals surface area contributed by atoms with Crippen molar-refractivity contribution in [2.75, 3.05) is 0 Å². The molecule has 1 saturated carbocycles. The summed E-state index contributed by atoms with van der Waals surface area (Å²) in [6.45, 7) is 0. The van der Waals surface area contributed by atoms with Crippen LogP contribution in [0.2, 0.25) is 10.5 Å². The molecule has 0 aromatic rings. The Labute approximate surface area is 109 Å². The van der Waals surface area contributed by atoms with Crippen molar-refractivity contribution in [1.29, 1.82) is 0 Å². The molecule has 1 nitrogen and oxygen atoms in total. The average Bonchev–Trinajstić information content (AvgIpc) is 2.21. The molecule has 0 atom stereocenters. The van der Waals surface area contributed by atoms with Gasteiger partial charge in [0.2, 0.25) is 0 Å². The topological polar surface area (TPSA) is 12.0 Å². The van der Waals surface area contributed by atoms with E-state index in [1.165, 1.54) is 70.6 Å². The molecule has 1 aliphatic rings. The molecule has 1 aliphatic carbocycles. The van der Waals surface area contributed by atoms with Gasteiger partial charge in [0.1, 0.15) is 0 Å². The number of hydrogen-bond acceptors (Lipinski definition) is 1.